The van der Waals surface area contributed by atoms with E-state index in [1.807, 2.05) is 6.92 Å². The standard InChI is InChI=1S/C21H25FO5/c1-5-6-14-11-21(20(10-17(14)23)26-12-27-21)13(2)7-15-8-18(24-3)19(25-4)9-16(15)22/h5,8-10,13-14H,1,6-7,11-12H2,2-4H3/t13?,14-,21+/m0/s1. The number of fused-ring (bicyclic) bond motifs is 1. The van der Waals surface area contributed by atoms with Gasteiger partial charge in [0.25, 0.3) is 0 Å². The first-order valence-corrected chi connectivity index (χ1v) is 8.99. The number of allylic oxidation sites excluding steroid dienone is 2. The van der Waals surface area contributed by atoms with Gasteiger partial charge in [-0.2, -0.15) is 0 Å². The third-order valence-corrected chi connectivity index (χ3v) is 5.50. The minimum absolute atomic E-state index is 0.0236. The van der Waals surface area contributed by atoms with Gasteiger partial charge in [0.1, 0.15) is 17.2 Å². The highest BCUT2D eigenvalue weighted by molar-refractivity contribution is 5.93. The van der Waals surface area contributed by atoms with E-state index in [0.717, 1.165) is 0 Å². The lowest BCUT2D eigenvalue weighted by molar-refractivity contribution is -0.123. The Morgan fingerprint density at radius 3 is 2.74 bits per heavy atom. The average molecular weight is 376 g/mol. The van der Waals surface area contributed by atoms with Crippen LogP contribution in [0.3, 0.4) is 0 Å². The zero-order valence-electron chi connectivity index (χ0n) is 15.9. The van der Waals surface area contributed by atoms with Crippen LogP contribution in [0.15, 0.2) is 36.6 Å². The Morgan fingerprint density at radius 1 is 1.37 bits per heavy atom. The lowest BCUT2D eigenvalue weighted by atomic mass is 9.71. The number of ether oxygens (including phenoxy) is 4. The Balaban J connectivity index is 1.91. The summed E-state index contributed by atoms with van der Waals surface area (Å²) in [5.74, 6) is 0.706. The number of hydrogen-bond acceptors (Lipinski definition) is 5. The molecular formula is C21H25FO5. The number of rotatable bonds is 7. The summed E-state index contributed by atoms with van der Waals surface area (Å²) in [6.45, 7) is 5.82. The fraction of sp³-hybridized carbons (Fsp3) is 0.476. The molecule has 1 unspecified atom stereocenters. The molecule has 1 aromatic carbocycles. The molecule has 1 aliphatic carbocycles. The van der Waals surface area contributed by atoms with E-state index >= 15 is 0 Å². The molecule has 0 radical (unpaired) electrons. The second-order valence-corrected chi connectivity index (χ2v) is 7.04. The number of methoxy groups -OCH3 is 2. The molecule has 3 atom stereocenters. The Hall–Kier alpha value is -2.34. The average Bonchev–Trinajstić information content (AvgIpc) is 3.07. The molecule has 0 bridgehead atoms. The molecule has 6 heteroatoms. The maximum Gasteiger partial charge on any atom is 0.189 e. The molecule has 2 aliphatic rings. The van der Waals surface area contributed by atoms with E-state index in [0.29, 0.717) is 42.1 Å². The van der Waals surface area contributed by atoms with E-state index in [1.165, 1.54) is 26.4 Å². The van der Waals surface area contributed by atoms with Gasteiger partial charge in [0, 0.05) is 18.1 Å². The summed E-state index contributed by atoms with van der Waals surface area (Å²) in [5, 5.41) is 0. The highest BCUT2D eigenvalue weighted by Gasteiger charge is 2.51. The van der Waals surface area contributed by atoms with Gasteiger partial charge in [0.05, 0.1) is 14.2 Å². The highest BCUT2D eigenvalue weighted by atomic mass is 19.1. The SMILES string of the molecule is C=CC[C@H]1C[C@]2(C(C)Cc3cc(OC)c(OC)cc3F)OCOC2=CC1=O. The van der Waals surface area contributed by atoms with E-state index in [-0.39, 0.29) is 30.2 Å². The third-order valence-electron chi connectivity index (χ3n) is 5.50. The van der Waals surface area contributed by atoms with E-state index < -0.39 is 5.60 Å². The molecule has 0 spiro atoms. The normalized spacial score (nSPS) is 25.3. The summed E-state index contributed by atoms with van der Waals surface area (Å²) in [4.78, 5) is 12.3. The minimum atomic E-state index is -0.735. The predicted octanol–water partition coefficient (Wildman–Crippen LogP) is 3.81. The van der Waals surface area contributed by atoms with Gasteiger partial charge in [-0.05, 0) is 36.8 Å². The Kier molecular flexibility index (Phi) is 5.56. The first-order chi connectivity index (χ1) is 12.9. The molecule has 27 heavy (non-hydrogen) atoms. The first-order valence-electron chi connectivity index (χ1n) is 8.99. The fourth-order valence-corrected chi connectivity index (χ4v) is 3.96. The number of carbonyl (C=O) groups excluding carboxylic acids is 1. The van der Waals surface area contributed by atoms with Gasteiger partial charge >= 0.3 is 0 Å². The fourth-order valence-electron chi connectivity index (χ4n) is 3.96. The van der Waals surface area contributed by atoms with Crippen LogP contribution in [-0.2, 0) is 20.7 Å². The van der Waals surface area contributed by atoms with Crippen molar-refractivity contribution < 1.29 is 28.1 Å². The smallest absolute Gasteiger partial charge is 0.189 e. The summed E-state index contributed by atoms with van der Waals surface area (Å²) < 4.78 is 36.6. The van der Waals surface area contributed by atoms with Crippen LogP contribution < -0.4 is 9.47 Å². The molecule has 0 amide bonds. The highest BCUT2D eigenvalue weighted by Crippen LogP contribution is 2.46. The van der Waals surface area contributed by atoms with Crippen molar-refractivity contribution in [2.45, 2.75) is 31.8 Å². The first kappa shape index (κ1) is 19.4. The molecular weight excluding hydrogens is 351 g/mol. The molecule has 1 heterocycles. The molecule has 3 rings (SSSR count). The van der Waals surface area contributed by atoms with Gasteiger partial charge in [-0.15, -0.1) is 6.58 Å². The topological polar surface area (TPSA) is 54.0 Å². The van der Waals surface area contributed by atoms with Crippen molar-refractivity contribution in [2.24, 2.45) is 11.8 Å². The van der Waals surface area contributed by atoms with Gasteiger partial charge in [0.15, 0.2) is 24.1 Å². The molecule has 1 fully saturated rings. The number of ketones is 1. The molecule has 1 saturated heterocycles. The van der Waals surface area contributed by atoms with Crippen molar-refractivity contribution in [3.05, 3.63) is 48.0 Å². The van der Waals surface area contributed by atoms with Gasteiger partial charge < -0.3 is 18.9 Å². The summed E-state index contributed by atoms with van der Waals surface area (Å²) in [7, 11) is 2.99. The van der Waals surface area contributed by atoms with Crippen molar-refractivity contribution >= 4 is 5.78 Å². The molecule has 146 valence electrons. The van der Waals surface area contributed by atoms with E-state index in [9.17, 15) is 9.18 Å². The second-order valence-electron chi connectivity index (χ2n) is 7.04. The monoisotopic (exact) mass is 376 g/mol. The number of hydrogen-bond donors (Lipinski definition) is 0. The molecule has 1 aliphatic heterocycles. The van der Waals surface area contributed by atoms with Crippen molar-refractivity contribution in [3.8, 4) is 11.5 Å². The molecule has 5 nitrogen and oxygen atoms in total. The maximum atomic E-state index is 14.6. The molecule has 1 aromatic rings. The number of carbonyl (C=O) groups is 1. The summed E-state index contributed by atoms with van der Waals surface area (Å²) in [5.41, 5.74) is -0.233. The molecule has 0 saturated carbocycles. The van der Waals surface area contributed by atoms with E-state index in [4.69, 9.17) is 18.9 Å². The summed E-state index contributed by atoms with van der Waals surface area (Å²) >= 11 is 0. The van der Waals surface area contributed by atoms with Crippen LogP contribution in [-0.4, -0.2) is 32.4 Å². The predicted molar refractivity (Wildman–Crippen MR) is 98.2 cm³/mol. The van der Waals surface area contributed by atoms with Gasteiger partial charge in [-0.25, -0.2) is 4.39 Å². The second kappa shape index (κ2) is 7.72. The van der Waals surface area contributed by atoms with Crippen LogP contribution in [0.1, 0.15) is 25.3 Å². The van der Waals surface area contributed by atoms with Crippen molar-refractivity contribution in [1.82, 2.24) is 0 Å². The lowest BCUT2D eigenvalue weighted by Gasteiger charge is -2.38. The van der Waals surface area contributed by atoms with Gasteiger partial charge in [-0.3, -0.25) is 4.79 Å². The van der Waals surface area contributed by atoms with Crippen LogP contribution >= 0.6 is 0 Å². The maximum absolute atomic E-state index is 14.6. The zero-order valence-corrected chi connectivity index (χ0v) is 15.9. The largest absolute Gasteiger partial charge is 0.493 e. The quantitative estimate of drug-likeness (QED) is 0.678. The summed E-state index contributed by atoms with van der Waals surface area (Å²) in [6, 6.07) is 2.97. The summed E-state index contributed by atoms with van der Waals surface area (Å²) in [6.07, 6.45) is 4.75. The van der Waals surface area contributed by atoms with Gasteiger partial charge in [-0.1, -0.05) is 13.0 Å². The Labute approximate surface area is 158 Å². The number of halogens is 1. The lowest BCUT2D eigenvalue weighted by Crippen LogP contribution is -2.45. The molecule has 0 N–H and O–H groups in total. The Bertz CT molecular complexity index is 772. The van der Waals surface area contributed by atoms with E-state index in [1.54, 1.807) is 12.1 Å². The molecule has 0 aromatic heterocycles. The van der Waals surface area contributed by atoms with Crippen LogP contribution in [0.25, 0.3) is 0 Å². The zero-order chi connectivity index (χ0) is 19.6. The van der Waals surface area contributed by atoms with Crippen molar-refractivity contribution in [1.29, 1.82) is 0 Å². The van der Waals surface area contributed by atoms with E-state index in [2.05, 4.69) is 6.58 Å². The Morgan fingerprint density at radius 2 is 2.07 bits per heavy atom. The number of benzene rings is 1. The van der Waals surface area contributed by atoms with Crippen molar-refractivity contribution in [3.63, 3.8) is 0 Å². The van der Waals surface area contributed by atoms with Crippen LogP contribution in [0.4, 0.5) is 4.39 Å². The minimum Gasteiger partial charge on any atom is -0.493 e. The van der Waals surface area contributed by atoms with Gasteiger partial charge in [0.2, 0.25) is 0 Å². The van der Waals surface area contributed by atoms with Crippen molar-refractivity contribution in [2.75, 3.05) is 21.0 Å². The van der Waals surface area contributed by atoms with Crippen LogP contribution in [0.5, 0.6) is 11.5 Å². The third kappa shape index (κ3) is 3.46. The van der Waals surface area contributed by atoms with Crippen LogP contribution in [0, 0.1) is 17.7 Å². The van der Waals surface area contributed by atoms with Crippen LogP contribution in [0.2, 0.25) is 0 Å².